The van der Waals surface area contributed by atoms with Gasteiger partial charge in [-0.15, -0.1) is 0 Å². The minimum Gasteiger partial charge on any atom is -0.493 e. The van der Waals surface area contributed by atoms with Crippen molar-refractivity contribution in [1.82, 2.24) is 4.90 Å². The van der Waals surface area contributed by atoms with Crippen molar-refractivity contribution in [2.24, 2.45) is 0 Å². The van der Waals surface area contributed by atoms with Crippen molar-refractivity contribution in [3.05, 3.63) is 23.8 Å². The van der Waals surface area contributed by atoms with Crippen LogP contribution in [0.1, 0.15) is 37.7 Å². The van der Waals surface area contributed by atoms with Crippen molar-refractivity contribution in [3.63, 3.8) is 0 Å². The van der Waals surface area contributed by atoms with Crippen LogP contribution in [0.5, 0.6) is 11.5 Å². The van der Waals surface area contributed by atoms with Gasteiger partial charge in [-0.2, -0.15) is 11.8 Å². The molecule has 3 aliphatic rings. The molecular formula is C19H27NO2S. The van der Waals surface area contributed by atoms with Gasteiger partial charge in [-0.3, -0.25) is 0 Å². The largest absolute Gasteiger partial charge is 0.493 e. The molecule has 2 aliphatic heterocycles. The number of ether oxygens (including phenoxy) is 2. The molecule has 1 spiro atoms. The highest BCUT2D eigenvalue weighted by molar-refractivity contribution is 8.02. The van der Waals surface area contributed by atoms with E-state index in [1.54, 1.807) is 14.2 Å². The minimum atomic E-state index is 0.301. The van der Waals surface area contributed by atoms with Crippen LogP contribution in [0.4, 0.5) is 0 Å². The Hall–Kier alpha value is -0.870. The molecule has 4 rings (SSSR count). The van der Waals surface area contributed by atoms with Gasteiger partial charge in [0.2, 0.25) is 0 Å². The molecule has 0 amide bonds. The summed E-state index contributed by atoms with van der Waals surface area (Å²) in [5.74, 6) is 3.06. The van der Waals surface area contributed by atoms with Crippen molar-refractivity contribution in [1.29, 1.82) is 0 Å². The van der Waals surface area contributed by atoms with E-state index in [9.17, 15) is 0 Å². The Kier molecular flexibility index (Phi) is 3.80. The quantitative estimate of drug-likeness (QED) is 0.841. The van der Waals surface area contributed by atoms with E-state index in [0.29, 0.717) is 16.2 Å². The van der Waals surface area contributed by atoms with E-state index in [0.717, 1.165) is 11.5 Å². The third kappa shape index (κ3) is 2.29. The van der Waals surface area contributed by atoms with E-state index >= 15 is 0 Å². The summed E-state index contributed by atoms with van der Waals surface area (Å²) in [7, 11) is 5.76. The second-order valence-corrected chi connectivity index (χ2v) is 9.02. The maximum Gasteiger partial charge on any atom is 0.161 e. The molecule has 0 aromatic heterocycles. The number of likely N-dealkylation sites (tertiary alicyclic amines) is 1. The van der Waals surface area contributed by atoms with Crippen molar-refractivity contribution in [2.75, 3.05) is 33.6 Å². The fraction of sp³-hybridized carbons (Fsp3) is 0.684. The summed E-state index contributed by atoms with van der Waals surface area (Å²) in [5, 5.41) is 0. The molecule has 23 heavy (non-hydrogen) atoms. The molecule has 0 radical (unpaired) electrons. The van der Waals surface area contributed by atoms with E-state index in [2.05, 4.69) is 41.9 Å². The fourth-order valence-electron chi connectivity index (χ4n) is 5.04. The molecule has 1 aromatic carbocycles. The van der Waals surface area contributed by atoms with Crippen LogP contribution in [-0.2, 0) is 5.41 Å². The maximum atomic E-state index is 5.57. The molecule has 4 heteroatoms. The first-order chi connectivity index (χ1) is 11.1. The SMILES string of the molecule is COc1ccc(C23CCN(C)C2CC2(CCS2)CC3)cc1OC. The Morgan fingerprint density at radius 1 is 1.09 bits per heavy atom. The van der Waals surface area contributed by atoms with Crippen LogP contribution in [0.25, 0.3) is 0 Å². The van der Waals surface area contributed by atoms with Crippen molar-refractivity contribution < 1.29 is 9.47 Å². The number of methoxy groups -OCH3 is 2. The molecule has 0 bridgehead atoms. The van der Waals surface area contributed by atoms with Gasteiger partial charge in [0, 0.05) is 16.2 Å². The summed E-state index contributed by atoms with van der Waals surface area (Å²) < 4.78 is 11.6. The number of rotatable bonds is 3. The van der Waals surface area contributed by atoms with Crippen molar-refractivity contribution in [2.45, 2.75) is 48.3 Å². The Labute approximate surface area is 143 Å². The van der Waals surface area contributed by atoms with Gasteiger partial charge in [-0.25, -0.2) is 0 Å². The summed E-state index contributed by atoms with van der Waals surface area (Å²) in [5.41, 5.74) is 1.75. The topological polar surface area (TPSA) is 21.7 Å². The highest BCUT2D eigenvalue weighted by Gasteiger charge is 2.56. The molecule has 1 aromatic rings. The first-order valence-electron chi connectivity index (χ1n) is 8.69. The van der Waals surface area contributed by atoms with E-state index < -0.39 is 0 Å². The van der Waals surface area contributed by atoms with Gasteiger partial charge >= 0.3 is 0 Å². The zero-order valence-electron chi connectivity index (χ0n) is 14.4. The van der Waals surface area contributed by atoms with Crippen LogP contribution >= 0.6 is 11.8 Å². The van der Waals surface area contributed by atoms with E-state index in [-0.39, 0.29) is 0 Å². The lowest BCUT2D eigenvalue weighted by Crippen LogP contribution is -2.53. The lowest BCUT2D eigenvalue weighted by molar-refractivity contribution is 0.148. The summed E-state index contributed by atoms with van der Waals surface area (Å²) in [6.07, 6.45) is 6.72. The number of thioether (sulfide) groups is 1. The Morgan fingerprint density at radius 2 is 1.87 bits per heavy atom. The second-order valence-electron chi connectivity index (χ2n) is 7.46. The monoisotopic (exact) mass is 333 g/mol. The van der Waals surface area contributed by atoms with E-state index in [1.807, 2.05) is 0 Å². The maximum absolute atomic E-state index is 5.57. The van der Waals surface area contributed by atoms with Crippen molar-refractivity contribution >= 4 is 11.8 Å². The fourth-order valence-corrected chi connectivity index (χ4v) is 6.35. The van der Waals surface area contributed by atoms with Crippen LogP contribution in [0.2, 0.25) is 0 Å². The Balaban J connectivity index is 1.71. The third-order valence-electron chi connectivity index (χ3n) is 6.60. The van der Waals surface area contributed by atoms with E-state index in [1.165, 1.54) is 50.0 Å². The van der Waals surface area contributed by atoms with Gasteiger partial charge in [0.1, 0.15) is 0 Å². The summed E-state index contributed by atoms with van der Waals surface area (Å²) >= 11 is 2.22. The zero-order valence-corrected chi connectivity index (χ0v) is 15.2. The molecule has 2 saturated heterocycles. The van der Waals surface area contributed by atoms with Crippen LogP contribution in [-0.4, -0.2) is 49.3 Å². The molecule has 2 heterocycles. The molecule has 0 N–H and O–H groups in total. The predicted molar refractivity (Wildman–Crippen MR) is 95.9 cm³/mol. The second kappa shape index (κ2) is 5.59. The summed E-state index contributed by atoms with van der Waals surface area (Å²) in [6, 6.07) is 7.26. The van der Waals surface area contributed by atoms with Gasteiger partial charge < -0.3 is 14.4 Å². The van der Waals surface area contributed by atoms with Crippen LogP contribution in [0.3, 0.4) is 0 Å². The highest BCUT2D eigenvalue weighted by Crippen LogP contribution is 2.59. The lowest BCUT2D eigenvalue weighted by Gasteiger charge is -2.54. The number of nitrogens with zero attached hydrogens (tertiary/aromatic N) is 1. The molecule has 3 atom stereocenters. The molecular weight excluding hydrogens is 306 g/mol. The molecule has 3 nitrogen and oxygen atoms in total. The van der Waals surface area contributed by atoms with Gasteiger partial charge in [0.25, 0.3) is 0 Å². The zero-order chi connectivity index (χ0) is 16.1. The van der Waals surface area contributed by atoms with Crippen LogP contribution in [0, 0.1) is 0 Å². The minimum absolute atomic E-state index is 0.301. The van der Waals surface area contributed by atoms with Crippen LogP contribution < -0.4 is 9.47 Å². The standard InChI is InChI=1S/C19H27NO2S/c1-20-10-8-19(7-6-18(9-11-23-18)13-17(19)20)14-4-5-15(21-2)16(12-14)22-3/h4-5,12,17H,6-11,13H2,1-3H3. The molecule has 1 saturated carbocycles. The highest BCUT2D eigenvalue weighted by atomic mass is 32.2. The third-order valence-corrected chi connectivity index (χ3v) is 8.19. The smallest absolute Gasteiger partial charge is 0.161 e. The summed E-state index contributed by atoms with van der Waals surface area (Å²) in [4.78, 5) is 2.61. The first kappa shape index (κ1) is 15.6. The lowest BCUT2D eigenvalue weighted by atomic mass is 9.62. The predicted octanol–water partition coefficient (Wildman–Crippen LogP) is 3.71. The number of likely N-dealkylation sites (N-methyl/N-ethyl adjacent to an activating group) is 1. The number of fused-ring (bicyclic) bond motifs is 1. The number of hydrogen-bond acceptors (Lipinski definition) is 4. The van der Waals surface area contributed by atoms with Gasteiger partial charge in [-0.1, -0.05) is 6.07 Å². The van der Waals surface area contributed by atoms with Crippen molar-refractivity contribution in [3.8, 4) is 11.5 Å². The van der Waals surface area contributed by atoms with Gasteiger partial charge in [0.15, 0.2) is 11.5 Å². The number of benzene rings is 1. The number of hydrogen-bond donors (Lipinski definition) is 0. The molecule has 3 unspecified atom stereocenters. The van der Waals surface area contributed by atoms with Gasteiger partial charge in [0.05, 0.1) is 14.2 Å². The molecule has 1 aliphatic carbocycles. The summed E-state index contributed by atoms with van der Waals surface area (Å²) in [6.45, 7) is 1.21. The molecule has 3 fully saturated rings. The average molecular weight is 333 g/mol. The normalized spacial score (nSPS) is 36.6. The van der Waals surface area contributed by atoms with Gasteiger partial charge in [-0.05, 0) is 69.1 Å². The van der Waals surface area contributed by atoms with Crippen LogP contribution in [0.15, 0.2) is 18.2 Å². The first-order valence-corrected chi connectivity index (χ1v) is 9.68. The Morgan fingerprint density at radius 3 is 2.52 bits per heavy atom. The Bertz CT molecular complexity index is 601. The molecule has 126 valence electrons. The van der Waals surface area contributed by atoms with E-state index in [4.69, 9.17) is 9.47 Å². The average Bonchev–Trinajstić information content (AvgIpc) is 2.90.